The SMILES string of the molecule is NOCCc1ccc2[nH]c3cnccc3c2c1. The molecule has 0 saturated heterocycles. The Morgan fingerprint density at radius 1 is 1.18 bits per heavy atom. The number of H-pyrrole nitrogens is 1. The number of nitrogens with one attached hydrogen (secondary N) is 1. The predicted octanol–water partition coefficient (Wildman–Crippen LogP) is 2.15. The third-order valence-electron chi connectivity index (χ3n) is 2.97. The van der Waals surface area contributed by atoms with Crippen molar-refractivity contribution < 1.29 is 4.84 Å². The number of hydrogen-bond donors (Lipinski definition) is 2. The minimum atomic E-state index is 0.537. The first kappa shape index (κ1) is 10.3. The van der Waals surface area contributed by atoms with E-state index in [0.29, 0.717) is 6.61 Å². The van der Waals surface area contributed by atoms with Gasteiger partial charge in [-0.1, -0.05) is 6.07 Å². The molecule has 0 amide bonds. The summed E-state index contributed by atoms with van der Waals surface area (Å²) >= 11 is 0. The molecule has 4 heteroatoms. The first-order valence-electron chi connectivity index (χ1n) is 5.54. The van der Waals surface area contributed by atoms with E-state index in [2.05, 4.69) is 33.0 Å². The molecule has 1 aromatic carbocycles. The van der Waals surface area contributed by atoms with Crippen molar-refractivity contribution in [1.29, 1.82) is 0 Å². The number of fused-ring (bicyclic) bond motifs is 3. The topological polar surface area (TPSA) is 63.9 Å². The van der Waals surface area contributed by atoms with Gasteiger partial charge >= 0.3 is 0 Å². The average molecular weight is 227 g/mol. The van der Waals surface area contributed by atoms with Gasteiger partial charge in [0, 0.05) is 22.5 Å². The van der Waals surface area contributed by atoms with Gasteiger partial charge in [0.1, 0.15) is 0 Å². The van der Waals surface area contributed by atoms with Crippen LogP contribution in [0.25, 0.3) is 21.8 Å². The monoisotopic (exact) mass is 227 g/mol. The third-order valence-corrected chi connectivity index (χ3v) is 2.97. The Morgan fingerprint density at radius 2 is 2.12 bits per heavy atom. The zero-order valence-corrected chi connectivity index (χ0v) is 9.31. The number of aromatic amines is 1. The van der Waals surface area contributed by atoms with E-state index in [9.17, 15) is 0 Å². The predicted molar refractivity (Wildman–Crippen MR) is 67.4 cm³/mol. The molecule has 3 N–H and O–H groups in total. The van der Waals surface area contributed by atoms with Crippen molar-refractivity contribution in [1.82, 2.24) is 9.97 Å². The lowest BCUT2D eigenvalue weighted by molar-refractivity contribution is 0.141. The number of pyridine rings is 1. The van der Waals surface area contributed by atoms with Gasteiger partial charge in [-0.05, 0) is 30.2 Å². The first-order valence-corrected chi connectivity index (χ1v) is 5.54. The molecule has 0 bridgehead atoms. The molecular weight excluding hydrogens is 214 g/mol. The number of rotatable bonds is 3. The van der Waals surface area contributed by atoms with Crippen LogP contribution in [-0.2, 0) is 11.3 Å². The Bertz CT molecular complexity index is 660. The molecule has 0 aliphatic rings. The summed E-state index contributed by atoms with van der Waals surface area (Å²) in [4.78, 5) is 12.1. The van der Waals surface area contributed by atoms with Crippen molar-refractivity contribution in [3.05, 3.63) is 42.2 Å². The van der Waals surface area contributed by atoms with Gasteiger partial charge in [-0.15, -0.1) is 0 Å². The molecular formula is C13H13N3O. The molecule has 4 nitrogen and oxygen atoms in total. The maximum absolute atomic E-state index is 5.05. The summed E-state index contributed by atoms with van der Waals surface area (Å²) in [6.45, 7) is 0.537. The maximum Gasteiger partial charge on any atom is 0.0719 e. The Morgan fingerprint density at radius 3 is 3.00 bits per heavy atom. The van der Waals surface area contributed by atoms with Crippen molar-refractivity contribution in [2.45, 2.75) is 6.42 Å². The van der Waals surface area contributed by atoms with E-state index in [1.807, 2.05) is 18.5 Å². The summed E-state index contributed by atoms with van der Waals surface area (Å²) in [6, 6.07) is 8.37. The van der Waals surface area contributed by atoms with E-state index < -0.39 is 0 Å². The van der Waals surface area contributed by atoms with Crippen LogP contribution < -0.4 is 5.90 Å². The van der Waals surface area contributed by atoms with Crippen LogP contribution in [0.5, 0.6) is 0 Å². The molecule has 2 aromatic heterocycles. The summed E-state index contributed by atoms with van der Waals surface area (Å²) in [6.07, 6.45) is 4.48. The van der Waals surface area contributed by atoms with Gasteiger partial charge in [0.25, 0.3) is 0 Å². The van der Waals surface area contributed by atoms with Gasteiger partial charge in [-0.25, -0.2) is 5.90 Å². The van der Waals surface area contributed by atoms with Gasteiger partial charge in [-0.2, -0.15) is 0 Å². The molecule has 0 saturated carbocycles. The van der Waals surface area contributed by atoms with Gasteiger partial charge in [-0.3, -0.25) is 4.98 Å². The lowest BCUT2D eigenvalue weighted by atomic mass is 10.1. The van der Waals surface area contributed by atoms with Gasteiger partial charge in [0.15, 0.2) is 0 Å². The van der Waals surface area contributed by atoms with Crippen molar-refractivity contribution in [2.24, 2.45) is 5.90 Å². The molecule has 2 heterocycles. The second-order valence-electron chi connectivity index (χ2n) is 4.05. The molecule has 0 unspecified atom stereocenters. The van der Waals surface area contributed by atoms with E-state index in [4.69, 9.17) is 5.90 Å². The van der Waals surface area contributed by atoms with Crippen LogP contribution in [0.3, 0.4) is 0 Å². The summed E-state index contributed by atoms with van der Waals surface area (Å²) in [5, 5.41) is 2.42. The second kappa shape index (κ2) is 4.16. The van der Waals surface area contributed by atoms with Crippen LogP contribution in [-0.4, -0.2) is 16.6 Å². The highest BCUT2D eigenvalue weighted by atomic mass is 16.6. The lowest BCUT2D eigenvalue weighted by Crippen LogP contribution is -2.03. The summed E-state index contributed by atoms with van der Waals surface area (Å²) in [5.41, 5.74) is 3.42. The zero-order chi connectivity index (χ0) is 11.7. The molecule has 0 radical (unpaired) electrons. The maximum atomic E-state index is 5.05. The molecule has 0 fully saturated rings. The van der Waals surface area contributed by atoms with E-state index >= 15 is 0 Å². The number of hydrogen-bond acceptors (Lipinski definition) is 3. The van der Waals surface area contributed by atoms with E-state index in [1.54, 1.807) is 0 Å². The fourth-order valence-electron chi connectivity index (χ4n) is 2.13. The highest BCUT2D eigenvalue weighted by Crippen LogP contribution is 2.25. The van der Waals surface area contributed by atoms with E-state index in [0.717, 1.165) is 17.5 Å². The second-order valence-corrected chi connectivity index (χ2v) is 4.05. The summed E-state index contributed by atoms with van der Waals surface area (Å²) in [5.74, 6) is 5.05. The molecule has 0 aliphatic heterocycles. The van der Waals surface area contributed by atoms with Crippen molar-refractivity contribution >= 4 is 21.8 Å². The Balaban J connectivity index is 2.16. The smallest absolute Gasteiger partial charge is 0.0719 e. The van der Waals surface area contributed by atoms with Gasteiger partial charge in [0.2, 0.25) is 0 Å². The number of nitrogens with zero attached hydrogens (tertiary/aromatic N) is 1. The highest BCUT2D eigenvalue weighted by Gasteiger charge is 2.04. The summed E-state index contributed by atoms with van der Waals surface area (Å²) < 4.78 is 0. The normalized spacial score (nSPS) is 11.4. The van der Waals surface area contributed by atoms with Gasteiger partial charge < -0.3 is 9.82 Å². The average Bonchev–Trinajstić information content (AvgIpc) is 2.74. The fraction of sp³-hybridized carbons (Fsp3) is 0.154. The molecule has 17 heavy (non-hydrogen) atoms. The van der Waals surface area contributed by atoms with Crippen molar-refractivity contribution in [2.75, 3.05) is 6.61 Å². The van der Waals surface area contributed by atoms with Crippen LogP contribution in [0.4, 0.5) is 0 Å². The first-order chi connectivity index (χ1) is 8.38. The highest BCUT2D eigenvalue weighted by molar-refractivity contribution is 6.06. The zero-order valence-electron chi connectivity index (χ0n) is 9.31. The van der Waals surface area contributed by atoms with Crippen LogP contribution >= 0.6 is 0 Å². The van der Waals surface area contributed by atoms with Crippen LogP contribution in [0.15, 0.2) is 36.7 Å². The quantitative estimate of drug-likeness (QED) is 0.674. The third kappa shape index (κ3) is 1.77. The van der Waals surface area contributed by atoms with Crippen LogP contribution in [0, 0.1) is 0 Å². The molecule has 0 aliphatic carbocycles. The number of benzene rings is 1. The van der Waals surface area contributed by atoms with E-state index in [1.165, 1.54) is 16.3 Å². The van der Waals surface area contributed by atoms with Crippen LogP contribution in [0.1, 0.15) is 5.56 Å². The Labute approximate surface area is 98.4 Å². The Hall–Kier alpha value is -1.91. The van der Waals surface area contributed by atoms with Crippen molar-refractivity contribution in [3.63, 3.8) is 0 Å². The minimum Gasteiger partial charge on any atom is -0.353 e. The molecule has 3 aromatic rings. The standard InChI is InChI=1S/C13H13N3O/c14-17-6-4-9-1-2-12-11(7-9)10-3-5-15-8-13(10)16-12/h1-3,5,7-8,16H,4,6,14H2. The minimum absolute atomic E-state index is 0.537. The lowest BCUT2D eigenvalue weighted by Gasteiger charge is -2.00. The van der Waals surface area contributed by atoms with E-state index in [-0.39, 0.29) is 0 Å². The molecule has 86 valence electrons. The largest absolute Gasteiger partial charge is 0.353 e. The molecule has 3 rings (SSSR count). The number of aromatic nitrogens is 2. The Kier molecular flexibility index (Phi) is 2.51. The summed E-state index contributed by atoms with van der Waals surface area (Å²) in [7, 11) is 0. The number of nitrogens with two attached hydrogens (primary N) is 1. The fourth-order valence-corrected chi connectivity index (χ4v) is 2.13. The molecule has 0 atom stereocenters. The molecule has 0 spiro atoms. The van der Waals surface area contributed by atoms with Crippen molar-refractivity contribution in [3.8, 4) is 0 Å². The van der Waals surface area contributed by atoms with Crippen LogP contribution in [0.2, 0.25) is 0 Å². The van der Waals surface area contributed by atoms with Gasteiger partial charge in [0.05, 0.1) is 18.3 Å².